The standard InChI is InChI=1S/C16H16Cl2N2O/c1-3-20(4-2)13-7-5-11(6-8-13)19-12-9-14(17)16(21)15(18)10-12/h5-10H,3-4H2,1-2H3. The average molecular weight is 323 g/mol. The molecule has 1 aromatic carbocycles. The number of hydrogen-bond donors (Lipinski definition) is 0. The lowest BCUT2D eigenvalue weighted by Crippen LogP contribution is -2.21. The van der Waals surface area contributed by atoms with E-state index < -0.39 is 0 Å². The van der Waals surface area contributed by atoms with Gasteiger partial charge < -0.3 is 4.90 Å². The van der Waals surface area contributed by atoms with Gasteiger partial charge in [-0.3, -0.25) is 4.79 Å². The molecule has 1 aromatic rings. The minimum Gasteiger partial charge on any atom is -0.372 e. The molecule has 2 rings (SSSR count). The highest BCUT2D eigenvalue weighted by Crippen LogP contribution is 2.23. The highest BCUT2D eigenvalue weighted by molar-refractivity contribution is 6.57. The smallest absolute Gasteiger partial charge is 0.215 e. The average Bonchev–Trinajstić information content (AvgIpc) is 2.47. The highest BCUT2D eigenvalue weighted by Gasteiger charge is 2.17. The molecule has 0 spiro atoms. The Hall–Kier alpha value is -1.58. The highest BCUT2D eigenvalue weighted by atomic mass is 35.5. The summed E-state index contributed by atoms with van der Waals surface area (Å²) in [6, 6.07) is 7.91. The van der Waals surface area contributed by atoms with Gasteiger partial charge in [-0.15, -0.1) is 0 Å². The summed E-state index contributed by atoms with van der Waals surface area (Å²) >= 11 is 11.7. The fourth-order valence-electron chi connectivity index (χ4n) is 2.09. The van der Waals surface area contributed by atoms with Crippen molar-refractivity contribution in [3.05, 3.63) is 46.5 Å². The van der Waals surface area contributed by atoms with Crippen LogP contribution in [0.5, 0.6) is 0 Å². The van der Waals surface area contributed by atoms with Crippen LogP contribution in [0.3, 0.4) is 0 Å². The molecule has 0 atom stereocenters. The van der Waals surface area contributed by atoms with Crippen LogP contribution in [-0.2, 0) is 4.79 Å². The van der Waals surface area contributed by atoms with Crippen molar-refractivity contribution < 1.29 is 4.79 Å². The van der Waals surface area contributed by atoms with Gasteiger partial charge in [-0.25, -0.2) is 4.99 Å². The number of ketones is 1. The summed E-state index contributed by atoms with van der Waals surface area (Å²) in [5.41, 5.74) is 2.52. The van der Waals surface area contributed by atoms with E-state index in [4.69, 9.17) is 23.2 Å². The monoisotopic (exact) mass is 322 g/mol. The van der Waals surface area contributed by atoms with E-state index >= 15 is 0 Å². The first kappa shape index (κ1) is 15.8. The molecule has 0 radical (unpaired) electrons. The summed E-state index contributed by atoms with van der Waals surface area (Å²) in [7, 11) is 0. The first-order valence-corrected chi connectivity index (χ1v) is 7.53. The second-order valence-corrected chi connectivity index (χ2v) is 5.35. The summed E-state index contributed by atoms with van der Waals surface area (Å²) in [5.74, 6) is -0.367. The van der Waals surface area contributed by atoms with Crippen molar-refractivity contribution in [1.29, 1.82) is 0 Å². The van der Waals surface area contributed by atoms with Gasteiger partial charge in [0.25, 0.3) is 0 Å². The minimum atomic E-state index is -0.367. The summed E-state index contributed by atoms with van der Waals surface area (Å²) in [6.07, 6.45) is 3.04. The Morgan fingerprint density at radius 2 is 1.52 bits per heavy atom. The number of Topliss-reactive ketones (excluding diaryl/α,β-unsaturated/α-hetero) is 1. The maximum absolute atomic E-state index is 11.4. The van der Waals surface area contributed by atoms with Gasteiger partial charge in [0, 0.05) is 18.8 Å². The van der Waals surface area contributed by atoms with Crippen LogP contribution < -0.4 is 4.90 Å². The fraction of sp³-hybridized carbons (Fsp3) is 0.250. The van der Waals surface area contributed by atoms with Gasteiger partial charge in [-0.1, -0.05) is 23.2 Å². The molecular formula is C16H16Cl2N2O. The lowest BCUT2D eigenvalue weighted by atomic mass is 10.1. The van der Waals surface area contributed by atoms with Gasteiger partial charge in [0.15, 0.2) is 0 Å². The Morgan fingerprint density at radius 1 is 1.00 bits per heavy atom. The molecule has 0 saturated carbocycles. The maximum Gasteiger partial charge on any atom is 0.215 e. The van der Waals surface area contributed by atoms with E-state index in [2.05, 4.69) is 23.7 Å². The summed E-state index contributed by atoms with van der Waals surface area (Å²) in [4.78, 5) is 18.1. The number of hydrogen-bond acceptors (Lipinski definition) is 3. The molecule has 21 heavy (non-hydrogen) atoms. The van der Waals surface area contributed by atoms with E-state index in [-0.39, 0.29) is 15.8 Å². The number of carbonyl (C=O) groups is 1. The van der Waals surface area contributed by atoms with Crippen LogP contribution >= 0.6 is 23.2 Å². The number of anilines is 1. The third kappa shape index (κ3) is 3.74. The Balaban J connectivity index is 2.24. The molecule has 110 valence electrons. The zero-order valence-corrected chi connectivity index (χ0v) is 13.4. The first-order valence-electron chi connectivity index (χ1n) is 6.78. The first-order chi connectivity index (χ1) is 10.0. The molecule has 0 aromatic heterocycles. The Morgan fingerprint density at radius 3 is 2.00 bits per heavy atom. The lowest BCUT2D eigenvalue weighted by molar-refractivity contribution is -0.111. The lowest BCUT2D eigenvalue weighted by Gasteiger charge is -2.20. The van der Waals surface area contributed by atoms with Crippen LogP contribution in [0.2, 0.25) is 0 Å². The predicted octanol–water partition coefficient (Wildman–Crippen LogP) is 4.43. The van der Waals surface area contributed by atoms with Crippen molar-refractivity contribution in [2.45, 2.75) is 13.8 Å². The Bertz CT molecular complexity index is 602. The van der Waals surface area contributed by atoms with Gasteiger partial charge >= 0.3 is 0 Å². The largest absolute Gasteiger partial charge is 0.372 e. The number of rotatable bonds is 4. The molecule has 0 aliphatic heterocycles. The molecule has 0 bridgehead atoms. The van der Waals surface area contributed by atoms with Gasteiger partial charge in [0.1, 0.15) is 0 Å². The number of benzene rings is 1. The second-order valence-electron chi connectivity index (χ2n) is 4.54. The molecule has 0 amide bonds. The molecule has 1 aliphatic rings. The molecule has 5 heteroatoms. The Labute approximate surface area is 134 Å². The number of nitrogens with zero attached hydrogens (tertiary/aromatic N) is 2. The zero-order chi connectivity index (χ0) is 15.4. The van der Waals surface area contributed by atoms with E-state index in [1.807, 2.05) is 24.3 Å². The second kappa shape index (κ2) is 6.92. The van der Waals surface area contributed by atoms with Crippen LogP contribution in [0.1, 0.15) is 13.8 Å². The topological polar surface area (TPSA) is 32.7 Å². The maximum atomic E-state index is 11.4. The van der Waals surface area contributed by atoms with E-state index in [0.717, 1.165) is 24.5 Å². The molecular weight excluding hydrogens is 307 g/mol. The molecule has 0 heterocycles. The van der Waals surface area contributed by atoms with E-state index in [9.17, 15) is 4.79 Å². The number of aliphatic imine (C=N–C) groups is 1. The predicted molar refractivity (Wildman–Crippen MR) is 90.0 cm³/mol. The van der Waals surface area contributed by atoms with Crippen molar-refractivity contribution in [2.24, 2.45) is 4.99 Å². The van der Waals surface area contributed by atoms with Crippen LogP contribution in [0.15, 0.2) is 51.5 Å². The van der Waals surface area contributed by atoms with Crippen molar-refractivity contribution in [1.82, 2.24) is 0 Å². The van der Waals surface area contributed by atoms with Crippen molar-refractivity contribution in [3.8, 4) is 0 Å². The van der Waals surface area contributed by atoms with Crippen molar-refractivity contribution >= 4 is 46.1 Å². The van der Waals surface area contributed by atoms with Crippen molar-refractivity contribution in [3.63, 3.8) is 0 Å². The minimum absolute atomic E-state index is 0.0843. The normalized spacial score (nSPS) is 14.7. The summed E-state index contributed by atoms with van der Waals surface area (Å²) in [5, 5.41) is 0.169. The number of halogens is 2. The number of carbonyl (C=O) groups excluding carboxylic acids is 1. The SMILES string of the molecule is CCN(CC)c1ccc(N=C2C=C(Cl)C(=O)C(Cl)=C2)cc1. The fourth-order valence-corrected chi connectivity index (χ4v) is 2.56. The van der Waals surface area contributed by atoms with Gasteiger partial charge in [0.2, 0.25) is 5.78 Å². The van der Waals surface area contributed by atoms with E-state index in [1.54, 1.807) is 0 Å². The third-order valence-electron chi connectivity index (χ3n) is 3.22. The van der Waals surface area contributed by atoms with Crippen LogP contribution in [0, 0.1) is 0 Å². The molecule has 0 saturated heterocycles. The molecule has 0 N–H and O–H groups in total. The van der Waals surface area contributed by atoms with Crippen LogP contribution in [0.25, 0.3) is 0 Å². The zero-order valence-electron chi connectivity index (χ0n) is 11.9. The van der Waals surface area contributed by atoms with E-state index in [1.165, 1.54) is 12.2 Å². The van der Waals surface area contributed by atoms with Gasteiger partial charge in [-0.2, -0.15) is 0 Å². The van der Waals surface area contributed by atoms with Crippen LogP contribution in [-0.4, -0.2) is 24.6 Å². The van der Waals surface area contributed by atoms with E-state index in [0.29, 0.717) is 5.71 Å². The van der Waals surface area contributed by atoms with Crippen molar-refractivity contribution in [2.75, 3.05) is 18.0 Å². The third-order valence-corrected chi connectivity index (χ3v) is 3.78. The summed E-state index contributed by atoms with van der Waals surface area (Å²) in [6.45, 7) is 6.17. The van der Waals surface area contributed by atoms with Gasteiger partial charge in [-0.05, 0) is 50.3 Å². The number of allylic oxidation sites excluding steroid dienone is 4. The molecule has 1 aliphatic carbocycles. The van der Waals surface area contributed by atoms with Crippen LogP contribution in [0.4, 0.5) is 11.4 Å². The summed E-state index contributed by atoms with van der Waals surface area (Å²) < 4.78 is 0. The van der Waals surface area contributed by atoms with Gasteiger partial charge in [0.05, 0.1) is 21.5 Å². The molecule has 3 nitrogen and oxygen atoms in total. The molecule has 0 fully saturated rings. The quantitative estimate of drug-likeness (QED) is 0.768. The Kier molecular flexibility index (Phi) is 5.21. The molecule has 0 unspecified atom stereocenters.